The van der Waals surface area contributed by atoms with E-state index in [0.29, 0.717) is 23.2 Å². The highest BCUT2D eigenvalue weighted by Crippen LogP contribution is 2.37. The van der Waals surface area contributed by atoms with Gasteiger partial charge in [-0.1, -0.05) is 0 Å². The predicted octanol–water partition coefficient (Wildman–Crippen LogP) is 1.93. The second kappa shape index (κ2) is 4.88. The first-order valence-corrected chi connectivity index (χ1v) is 7.38. The van der Waals surface area contributed by atoms with Crippen LogP contribution in [0.25, 0.3) is 0 Å². The van der Waals surface area contributed by atoms with Gasteiger partial charge in [0.1, 0.15) is 0 Å². The molecule has 1 aliphatic carbocycles. The number of pyridine rings is 1. The van der Waals surface area contributed by atoms with E-state index >= 15 is 0 Å². The molecule has 2 fully saturated rings. The van der Waals surface area contributed by atoms with Gasteiger partial charge in [0.05, 0.1) is 36.2 Å². The summed E-state index contributed by atoms with van der Waals surface area (Å²) in [5, 5.41) is 0. The zero-order chi connectivity index (χ0) is 15.3. The molecule has 0 unspecified atom stereocenters. The predicted molar refractivity (Wildman–Crippen MR) is 80.2 cm³/mol. The number of hydrogen-bond acceptors (Lipinski definition) is 5. The van der Waals surface area contributed by atoms with Crippen molar-refractivity contribution in [2.75, 3.05) is 7.11 Å². The number of aromatic nitrogens is 1. The highest BCUT2D eigenvalue weighted by molar-refractivity contribution is 6.61. The third kappa shape index (κ3) is 2.74. The summed E-state index contributed by atoms with van der Waals surface area (Å²) in [5.41, 5.74) is -0.0433. The molecule has 0 aromatic carbocycles. The first kappa shape index (κ1) is 14.7. The lowest BCUT2D eigenvalue weighted by Crippen LogP contribution is -2.41. The van der Waals surface area contributed by atoms with Crippen molar-refractivity contribution < 1.29 is 18.8 Å². The van der Waals surface area contributed by atoms with Crippen molar-refractivity contribution in [3.05, 3.63) is 12.3 Å². The maximum absolute atomic E-state index is 6.02. The number of methoxy groups -OCH3 is 1. The van der Waals surface area contributed by atoms with Crippen molar-refractivity contribution in [1.82, 2.24) is 4.98 Å². The fourth-order valence-corrected chi connectivity index (χ4v) is 2.14. The Bertz CT molecular complexity index is 526. The number of nitrogens with zero attached hydrogens (tertiary/aromatic N) is 1. The van der Waals surface area contributed by atoms with Gasteiger partial charge < -0.3 is 18.8 Å². The monoisotopic (exact) mass is 291 g/mol. The number of hydrogen-bond donors (Lipinski definition) is 0. The average Bonchev–Trinajstić information content (AvgIpc) is 3.17. The molecule has 0 N–H and O–H groups in total. The average molecular weight is 291 g/mol. The van der Waals surface area contributed by atoms with E-state index in [1.165, 1.54) is 0 Å². The van der Waals surface area contributed by atoms with Crippen LogP contribution in [0.4, 0.5) is 0 Å². The number of ether oxygens (including phenoxy) is 2. The van der Waals surface area contributed by atoms with Crippen molar-refractivity contribution in [1.29, 1.82) is 0 Å². The lowest BCUT2D eigenvalue weighted by atomic mass is 9.84. The van der Waals surface area contributed by atoms with Crippen molar-refractivity contribution >= 4 is 12.7 Å². The summed E-state index contributed by atoms with van der Waals surface area (Å²) in [5.74, 6) is 1.35. The van der Waals surface area contributed by atoms with Crippen LogP contribution in [-0.2, 0) is 9.31 Å². The van der Waals surface area contributed by atoms with E-state index in [1.54, 1.807) is 13.3 Å². The van der Waals surface area contributed by atoms with E-state index in [1.807, 2.05) is 33.8 Å². The van der Waals surface area contributed by atoms with Crippen LogP contribution in [0, 0.1) is 0 Å². The lowest BCUT2D eigenvalue weighted by molar-refractivity contribution is 0.00578. The quantitative estimate of drug-likeness (QED) is 0.793. The minimum Gasteiger partial charge on any atom is -0.491 e. The largest absolute Gasteiger partial charge is 0.514 e. The molecule has 5 nitrogen and oxygen atoms in total. The molecule has 1 aromatic rings. The van der Waals surface area contributed by atoms with Gasteiger partial charge in [-0.3, -0.25) is 4.98 Å². The Morgan fingerprint density at radius 2 is 1.76 bits per heavy atom. The van der Waals surface area contributed by atoms with Gasteiger partial charge in [-0.2, -0.15) is 0 Å². The molecule has 6 heteroatoms. The van der Waals surface area contributed by atoms with Gasteiger partial charge >= 0.3 is 7.12 Å². The standard InChI is InChI=1S/C15H22BNO4/c1-14(2)15(3,4)21-16(20-14)13-8-11(19-10-6-7-10)12(18-5)9-17-13/h8-10H,6-7H2,1-5H3. The maximum Gasteiger partial charge on any atom is 0.514 e. The van der Waals surface area contributed by atoms with Gasteiger partial charge in [0.2, 0.25) is 0 Å². The summed E-state index contributed by atoms with van der Waals surface area (Å²) in [6, 6.07) is 1.86. The topological polar surface area (TPSA) is 49.8 Å². The van der Waals surface area contributed by atoms with E-state index in [0.717, 1.165) is 12.8 Å². The minimum atomic E-state index is -0.484. The van der Waals surface area contributed by atoms with Gasteiger partial charge in [0.25, 0.3) is 0 Å². The summed E-state index contributed by atoms with van der Waals surface area (Å²) in [6.07, 6.45) is 4.15. The molecule has 3 rings (SSSR count). The van der Waals surface area contributed by atoms with Crippen molar-refractivity contribution in [2.45, 2.75) is 57.8 Å². The van der Waals surface area contributed by atoms with E-state index in [-0.39, 0.29) is 11.2 Å². The number of rotatable bonds is 4. The zero-order valence-electron chi connectivity index (χ0n) is 13.3. The fraction of sp³-hybridized carbons (Fsp3) is 0.667. The second-order valence-electron chi connectivity index (χ2n) is 6.67. The zero-order valence-corrected chi connectivity index (χ0v) is 13.3. The van der Waals surface area contributed by atoms with Gasteiger partial charge in [0, 0.05) is 6.07 Å². The van der Waals surface area contributed by atoms with Gasteiger partial charge in [-0.25, -0.2) is 0 Å². The first-order chi connectivity index (χ1) is 9.82. The van der Waals surface area contributed by atoms with Crippen LogP contribution in [0.15, 0.2) is 12.3 Å². The molecule has 21 heavy (non-hydrogen) atoms. The maximum atomic E-state index is 6.02. The summed E-state index contributed by atoms with van der Waals surface area (Å²) < 4.78 is 23.2. The second-order valence-corrected chi connectivity index (χ2v) is 6.67. The molecular weight excluding hydrogens is 269 g/mol. The Morgan fingerprint density at radius 3 is 2.29 bits per heavy atom. The van der Waals surface area contributed by atoms with Crippen LogP contribution in [-0.4, -0.2) is 36.5 Å². The van der Waals surface area contributed by atoms with E-state index in [4.69, 9.17) is 18.8 Å². The molecule has 2 heterocycles. The van der Waals surface area contributed by atoms with Crippen LogP contribution < -0.4 is 15.1 Å². The molecule has 0 radical (unpaired) electrons. The van der Waals surface area contributed by atoms with Crippen molar-refractivity contribution in [3.8, 4) is 11.5 Å². The molecule has 0 amide bonds. The molecular formula is C15H22BNO4. The summed E-state index contributed by atoms with van der Waals surface area (Å²) in [6.45, 7) is 8.10. The van der Waals surface area contributed by atoms with Crippen molar-refractivity contribution in [2.24, 2.45) is 0 Å². The Kier molecular flexibility index (Phi) is 3.41. The van der Waals surface area contributed by atoms with Crippen LogP contribution in [0.1, 0.15) is 40.5 Å². The highest BCUT2D eigenvalue weighted by atomic mass is 16.7. The molecule has 0 spiro atoms. The van der Waals surface area contributed by atoms with E-state index in [9.17, 15) is 0 Å². The Balaban J connectivity index is 1.86. The fourth-order valence-electron chi connectivity index (χ4n) is 2.14. The van der Waals surface area contributed by atoms with Gasteiger partial charge in [-0.05, 0) is 40.5 Å². The third-order valence-corrected chi connectivity index (χ3v) is 4.39. The Morgan fingerprint density at radius 1 is 1.14 bits per heavy atom. The smallest absolute Gasteiger partial charge is 0.491 e. The lowest BCUT2D eigenvalue weighted by Gasteiger charge is -2.32. The molecule has 1 aliphatic heterocycles. The summed E-state index contributed by atoms with van der Waals surface area (Å²) in [7, 11) is 1.13. The van der Waals surface area contributed by atoms with E-state index < -0.39 is 7.12 Å². The van der Waals surface area contributed by atoms with Gasteiger partial charge in [0.15, 0.2) is 11.5 Å². The Hall–Kier alpha value is -1.27. The first-order valence-electron chi connectivity index (χ1n) is 7.38. The molecule has 1 saturated heterocycles. The molecule has 114 valence electrons. The minimum absolute atomic E-state index is 0.299. The van der Waals surface area contributed by atoms with Crippen LogP contribution >= 0.6 is 0 Å². The van der Waals surface area contributed by atoms with E-state index in [2.05, 4.69) is 4.98 Å². The molecule has 2 aliphatic rings. The van der Waals surface area contributed by atoms with Gasteiger partial charge in [-0.15, -0.1) is 0 Å². The molecule has 1 aromatic heterocycles. The SMILES string of the molecule is COc1cnc(B2OC(C)(C)C(C)(C)O2)cc1OC1CC1. The highest BCUT2D eigenvalue weighted by Gasteiger charge is 2.52. The molecule has 1 saturated carbocycles. The summed E-state index contributed by atoms with van der Waals surface area (Å²) in [4.78, 5) is 4.40. The third-order valence-electron chi connectivity index (χ3n) is 4.39. The van der Waals surface area contributed by atoms with Crippen LogP contribution in [0.2, 0.25) is 0 Å². The van der Waals surface area contributed by atoms with Crippen molar-refractivity contribution in [3.63, 3.8) is 0 Å². The normalized spacial score (nSPS) is 23.2. The van der Waals surface area contributed by atoms with Crippen LogP contribution in [0.5, 0.6) is 11.5 Å². The summed E-state index contributed by atoms with van der Waals surface area (Å²) >= 11 is 0. The van der Waals surface area contributed by atoms with Crippen LogP contribution in [0.3, 0.4) is 0 Å². The Labute approximate surface area is 126 Å². The molecule has 0 bridgehead atoms. The molecule has 0 atom stereocenters.